The Kier molecular flexibility index (Phi) is 4.99. The lowest BCUT2D eigenvalue weighted by molar-refractivity contribution is -0.125. The number of amides is 1. The highest BCUT2D eigenvalue weighted by Gasteiger charge is 2.19. The molecule has 2 rings (SSSR count). The lowest BCUT2D eigenvalue weighted by atomic mass is 10.2. The Bertz CT molecular complexity index is 332. The van der Waals surface area contributed by atoms with Crippen LogP contribution in [0.15, 0.2) is 24.3 Å². The number of benzene rings is 1. The number of morpholine rings is 1. The number of carbonyl (C=O) groups is 1. The Hall–Kier alpha value is -1.35. The second-order valence-electron chi connectivity index (χ2n) is 3.43. The van der Waals surface area contributed by atoms with E-state index in [0.717, 1.165) is 5.69 Å². The lowest BCUT2D eigenvalue weighted by Crippen LogP contribution is -2.41. The Morgan fingerprint density at radius 1 is 1.19 bits per heavy atom. The molecule has 3 heteroatoms. The topological polar surface area (TPSA) is 29.5 Å². The Morgan fingerprint density at radius 3 is 2.38 bits per heavy atom. The van der Waals surface area contributed by atoms with Gasteiger partial charge in [-0.1, -0.05) is 31.5 Å². The van der Waals surface area contributed by atoms with Crippen LogP contribution in [-0.4, -0.2) is 25.7 Å². The van der Waals surface area contributed by atoms with E-state index in [-0.39, 0.29) is 12.5 Å². The summed E-state index contributed by atoms with van der Waals surface area (Å²) in [6, 6.07) is 7.97. The molecule has 0 atom stereocenters. The highest BCUT2D eigenvalue weighted by atomic mass is 16.5. The first-order chi connectivity index (χ1) is 7.77. The molecule has 88 valence electrons. The maximum absolute atomic E-state index is 11.5. The van der Waals surface area contributed by atoms with Gasteiger partial charge in [0.25, 0.3) is 5.91 Å². The zero-order valence-corrected chi connectivity index (χ0v) is 10.2. The van der Waals surface area contributed by atoms with Gasteiger partial charge in [0.05, 0.1) is 6.61 Å². The maximum Gasteiger partial charge on any atom is 0.253 e. The molecule has 0 radical (unpaired) electrons. The zero-order valence-electron chi connectivity index (χ0n) is 10.2. The number of aryl methyl sites for hydroxylation is 1. The number of hydrogen-bond acceptors (Lipinski definition) is 2. The fourth-order valence-corrected chi connectivity index (χ4v) is 1.52. The van der Waals surface area contributed by atoms with Crippen molar-refractivity contribution < 1.29 is 9.53 Å². The van der Waals surface area contributed by atoms with Crippen LogP contribution in [0.2, 0.25) is 0 Å². The smallest absolute Gasteiger partial charge is 0.253 e. The number of ether oxygens (including phenoxy) is 1. The summed E-state index contributed by atoms with van der Waals surface area (Å²) < 4.78 is 5.07. The van der Waals surface area contributed by atoms with Crippen LogP contribution in [0.4, 0.5) is 5.69 Å². The van der Waals surface area contributed by atoms with Gasteiger partial charge in [0.15, 0.2) is 0 Å². The minimum absolute atomic E-state index is 0.0418. The van der Waals surface area contributed by atoms with Crippen LogP contribution in [0.5, 0.6) is 0 Å². The normalized spacial score (nSPS) is 15.4. The molecule has 3 nitrogen and oxygen atoms in total. The van der Waals surface area contributed by atoms with E-state index >= 15 is 0 Å². The van der Waals surface area contributed by atoms with Gasteiger partial charge in [0.1, 0.15) is 6.61 Å². The number of anilines is 1. The number of hydrogen-bond donors (Lipinski definition) is 0. The minimum Gasteiger partial charge on any atom is -0.370 e. The highest BCUT2D eigenvalue weighted by molar-refractivity contribution is 5.94. The summed E-state index contributed by atoms with van der Waals surface area (Å²) >= 11 is 0. The van der Waals surface area contributed by atoms with Crippen molar-refractivity contribution in [2.45, 2.75) is 20.8 Å². The molecule has 0 spiro atoms. The van der Waals surface area contributed by atoms with Crippen LogP contribution in [0.3, 0.4) is 0 Å². The molecule has 0 saturated carbocycles. The molecule has 1 aromatic carbocycles. The average Bonchev–Trinajstić information content (AvgIpc) is 2.34. The van der Waals surface area contributed by atoms with Crippen molar-refractivity contribution in [3.63, 3.8) is 0 Å². The summed E-state index contributed by atoms with van der Waals surface area (Å²) in [6.45, 7) is 7.51. The van der Waals surface area contributed by atoms with E-state index in [9.17, 15) is 4.79 Å². The third-order valence-electron chi connectivity index (χ3n) is 2.33. The number of carbonyl (C=O) groups excluding carboxylic acids is 1. The number of rotatable bonds is 1. The van der Waals surface area contributed by atoms with Gasteiger partial charge >= 0.3 is 0 Å². The third kappa shape index (κ3) is 3.07. The van der Waals surface area contributed by atoms with Gasteiger partial charge in [0, 0.05) is 12.2 Å². The second-order valence-corrected chi connectivity index (χ2v) is 3.43. The van der Waals surface area contributed by atoms with E-state index in [2.05, 4.69) is 0 Å². The van der Waals surface area contributed by atoms with Gasteiger partial charge in [-0.05, 0) is 19.1 Å². The van der Waals surface area contributed by atoms with E-state index in [0.29, 0.717) is 13.2 Å². The van der Waals surface area contributed by atoms with Crippen molar-refractivity contribution in [2.75, 3.05) is 24.7 Å². The molecule has 1 aliphatic rings. The lowest BCUT2D eigenvalue weighted by Gasteiger charge is -2.26. The van der Waals surface area contributed by atoms with Gasteiger partial charge in [-0.15, -0.1) is 0 Å². The summed E-state index contributed by atoms with van der Waals surface area (Å²) in [5.74, 6) is 0.0418. The highest BCUT2D eigenvalue weighted by Crippen LogP contribution is 2.16. The van der Waals surface area contributed by atoms with Crippen LogP contribution >= 0.6 is 0 Å². The summed E-state index contributed by atoms with van der Waals surface area (Å²) in [5.41, 5.74) is 2.17. The van der Waals surface area contributed by atoms with Crippen molar-refractivity contribution in [1.29, 1.82) is 0 Å². The van der Waals surface area contributed by atoms with Crippen LogP contribution in [0.25, 0.3) is 0 Å². The quantitative estimate of drug-likeness (QED) is 0.728. The Balaban J connectivity index is 0.000000606. The first-order valence-electron chi connectivity index (χ1n) is 5.72. The van der Waals surface area contributed by atoms with Crippen LogP contribution < -0.4 is 4.90 Å². The first kappa shape index (κ1) is 12.7. The third-order valence-corrected chi connectivity index (χ3v) is 2.33. The Morgan fingerprint density at radius 2 is 1.81 bits per heavy atom. The molecular weight excluding hydrogens is 202 g/mol. The predicted molar refractivity (Wildman–Crippen MR) is 65.7 cm³/mol. The summed E-state index contributed by atoms with van der Waals surface area (Å²) in [4.78, 5) is 13.2. The van der Waals surface area contributed by atoms with Crippen molar-refractivity contribution >= 4 is 11.6 Å². The van der Waals surface area contributed by atoms with E-state index < -0.39 is 0 Å². The summed E-state index contributed by atoms with van der Waals surface area (Å²) in [5, 5.41) is 0. The molecule has 1 aromatic rings. The maximum atomic E-state index is 11.5. The SMILES string of the molecule is CC.Cc1ccc(N2CCOCC2=O)cc1. The molecule has 0 aliphatic carbocycles. The predicted octanol–water partition coefficient (Wildman–Crippen LogP) is 2.38. The fourth-order valence-electron chi connectivity index (χ4n) is 1.52. The minimum atomic E-state index is 0.0418. The first-order valence-corrected chi connectivity index (χ1v) is 5.72. The molecular formula is C13H19NO2. The second kappa shape index (κ2) is 6.28. The monoisotopic (exact) mass is 221 g/mol. The molecule has 0 N–H and O–H groups in total. The van der Waals surface area contributed by atoms with Crippen molar-refractivity contribution in [3.8, 4) is 0 Å². The number of nitrogens with zero attached hydrogens (tertiary/aromatic N) is 1. The van der Waals surface area contributed by atoms with Gasteiger partial charge in [-0.3, -0.25) is 4.79 Å². The molecule has 1 fully saturated rings. The van der Waals surface area contributed by atoms with E-state index in [1.165, 1.54) is 5.56 Å². The fraction of sp³-hybridized carbons (Fsp3) is 0.462. The van der Waals surface area contributed by atoms with E-state index in [4.69, 9.17) is 4.74 Å². The van der Waals surface area contributed by atoms with Crippen molar-refractivity contribution in [2.24, 2.45) is 0 Å². The zero-order chi connectivity index (χ0) is 12.0. The molecule has 1 heterocycles. The average molecular weight is 221 g/mol. The standard InChI is InChI=1S/C11H13NO2.C2H6/c1-9-2-4-10(5-3-9)12-6-7-14-8-11(12)13;1-2/h2-5H,6-8H2,1H3;1-2H3. The molecule has 1 saturated heterocycles. The molecule has 1 aliphatic heterocycles. The van der Waals surface area contributed by atoms with Crippen LogP contribution in [0.1, 0.15) is 19.4 Å². The Labute approximate surface area is 97.0 Å². The molecule has 16 heavy (non-hydrogen) atoms. The molecule has 0 bridgehead atoms. The van der Waals surface area contributed by atoms with Gasteiger partial charge in [-0.25, -0.2) is 0 Å². The van der Waals surface area contributed by atoms with Gasteiger partial charge in [-0.2, -0.15) is 0 Å². The molecule has 0 unspecified atom stereocenters. The van der Waals surface area contributed by atoms with Crippen LogP contribution in [-0.2, 0) is 9.53 Å². The molecule has 1 amide bonds. The van der Waals surface area contributed by atoms with Gasteiger partial charge < -0.3 is 9.64 Å². The largest absolute Gasteiger partial charge is 0.370 e. The molecule has 0 aromatic heterocycles. The van der Waals surface area contributed by atoms with E-state index in [1.807, 2.05) is 45.0 Å². The summed E-state index contributed by atoms with van der Waals surface area (Å²) in [7, 11) is 0. The van der Waals surface area contributed by atoms with E-state index in [1.54, 1.807) is 4.90 Å². The van der Waals surface area contributed by atoms with Crippen LogP contribution in [0, 0.1) is 6.92 Å². The summed E-state index contributed by atoms with van der Waals surface area (Å²) in [6.07, 6.45) is 0. The van der Waals surface area contributed by atoms with Crippen molar-refractivity contribution in [1.82, 2.24) is 0 Å². The van der Waals surface area contributed by atoms with Gasteiger partial charge in [0.2, 0.25) is 0 Å². The van der Waals surface area contributed by atoms with Crippen molar-refractivity contribution in [3.05, 3.63) is 29.8 Å².